The Morgan fingerprint density at radius 2 is 1.91 bits per heavy atom. The summed E-state index contributed by atoms with van der Waals surface area (Å²) in [4.78, 5) is 12.5. The summed E-state index contributed by atoms with van der Waals surface area (Å²) in [5.41, 5.74) is 4.28. The summed E-state index contributed by atoms with van der Waals surface area (Å²) < 4.78 is 0. The van der Waals surface area contributed by atoms with Gasteiger partial charge in [0.05, 0.1) is 0 Å². The normalized spacial score (nSPS) is 35.9. The van der Waals surface area contributed by atoms with Gasteiger partial charge in [-0.05, 0) is 61.0 Å². The molecular weight excluding hydrogens is 280 g/mol. The van der Waals surface area contributed by atoms with E-state index >= 15 is 0 Å². The van der Waals surface area contributed by atoms with Crippen LogP contribution in [0, 0.1) is 11.8 Å². The first-order chi connectivity index (χ1) is 11.3. The van der Waals surface area contributed by atoms with Gasteiger partial charge in [-0.3, -0.25) is 4.79 Å². The van der Waals surface area contributed by atoms with Gasteiger partial charge in [0.25, 0.3) is 0 Å². The summed E-state index contributed by atoms with van der Waals surface area (Å²) >= 11 is 0. The second-order valence-corrected chi connectivity index (χ2v) is 8.41. The number of fused-ring (bicyclic) bond motifs is 5. The van der Waals surface area contributed by atoms with Gasteiger partial charge < -0.3 is 0 Å². The van der Waals surface area contributed by atoms with Gasteiger partial charge in [0.2, 0.25) is 0 Å². The van der Waals surface area contributed by atoms with Crippen LogP contribution in [0.25, 0.3) is 0 Å². The molecule has 1 aromatic rings. The lowest BCUT2D eigenvalue weighted by molar-refractivity contribution is 0.0944. The van der Waals surface area contributed by atoms with Gasteiger partial charge in [-0.25, -0.2) is 0 Å². The molecule has 3 atom stereocenters. The minimum absolute atomic E-state index is 0.285. The van der Waals surface area contributed by atoms with Crippen LogP contribution >= 0.6 is 0 Å². The molecule has 0 radical (unpaired) electrons. The third-order valence-electron chi connectivity index (χ3n) is 7.26. The highest BCUT2D eigenvalue weighted by Crippen LogP contribution is 2.58. The fourth-order valence-electron chi connectivity index (χ4n) is 6.06. The van der Waals surface area contributed by atoms with Crippen LogP contribution in [0.1, 0.15) is 85.2 Å². The number of hydrogen-bond acceptors (Lipinski definition) is 1. The van der Waals surface area contributed by atoms with Crippen molar-refractivity contribution in [1.29, 1.82) is 0 Å². The zero-order valence-electron chi connectivity index (χ0n) is 13.9. The van der Waals surface area contributed by atoms with Crippen LogP contribution in [-0.4, -0.2) is 5.78 Å². The average molecular weight is 306 g/mol. The van der Waals surface area contributed by atoms with Crippen molar-refractivity contribution in [3.63, 3.8) is 0 Å². The van der Waals surface area contributed by atoms with Crippen molar-refractivity contribution in [2.45, 2.75) is 69.1 Å². The Labute approximate surface area is 139 Å². The predicted octanol–water partition coefficient (Wildman–Crippen LogP) is 5.54. The SMILES string of the molecule is O=C1CCC2(CC3C=CC2C3)c2cc(C3CCCCC3)ccc21. The minimum Gasteiger partial charge on any atom is -0.294 e. The van der Waals surface area contributed by atoms with Gasteiger partial charge in [0, 0.05) is 17.4 Å². The van der Waals surface area contributed by atoms with E-state index in [1.165, 1.54) is 56.1 Å². The quantitative estimate of drug-likeness (QED) is 0.622. The van der Waals surface area contributed by atoms with E-state index in [1.807, 2.05) is 0 Å². The molecule has 23 heavy (non-hydrogen) atoms. The Kier molecular flexibility index (Phi) is 3.08. The van der Waals surface area contributed by atoms with Crippen molar-refractivity contribution in [2.24, 2.45) is 11.8 Å². The topological polar surface area (TPSA) is 17.1 Å². The zero-order chi connectivity index (χ0) is 15.4. The maximum absolute atomic E-state index is 12.5. The average Bonchev–Trinajstić information content (AvgIpc) is 3.21. The molecule has 0 heterocycles. The smallest absolute Gasteiger partial charge is 0.163 e. The zero-order valence-corrected chi connectivity index (χ0v) is 13.9. The van der Waals surface area contributed by atoms with Gasteiger partial charge in [0.15, 0.2) is 5.78 Å². The van der Waals surface area contributed by atoms with Gasteiger partial charge in [-0.15, -0.1) is 0 Å². The number of hydrogen-bond donors (Lipinski definition) is 0. The Balaban J connectivity index is 1.60. The number of carbonyl (C=O) groups is 1. The number of carbonyl (C=O) groups excluding carboxylic acids is 1. The van der Waals surface area contributed by atoms with Crippen LogP contribution in [0.3, 0.4) is 0 Å². The first-order valence-corrected chi connectivity index (χ1v) is 9.62. The summed E-state index contributed by atoms with van der Waals surface area (Å²) in [6.07, 6.45) is 16.2. The molecule has 0 saturated heterocycles. The second kappa shape index (κ2) is 5.06. The molecule has 0 aliphatic heterocycles. The Bertz CT molecular complexity index is 679. The molecule has 2 saturated carbocycles. The highest BCUT2D eigenvalue weighted by molar-refractivity contribution is 5.99. The predicted molar refractivity (Wildman–Crippen MR) is 92.9 cm³/mol. The van der Waals surface area contributed by atoms with Crippen molar-refractivity contribution in [2.75, 3.05) is 0 Å². The lowest BCUT2D eigenvalue weighted by Crippen LogP contribution is -2.37. The molecular formula is C22H26O. The molecule has 5 rings (SSSR count). The van der Waals surface area contributed by atoms with E-state index in [4.69, 9.17) is 0 Å². The summed E-state index contributed by atoms with van der Waals surface area (Å²) in [5.74, 6) is 2.56. The van der Waals surface area contributed by atoms with Crippen molar-refractivity contribution < 1.29 is 4.79 Å². The largest absolute Gasteiger partial charge is 0.294 e. The number of Topliss-reactive ketones (excluding diaryl/α,β-unsaturated/α-hetero) is 1. The van der Waals surface area contributed by atoms with Crippen LogP contribution in [-0.2, 0) is 5.41 Å². The van der Waals surface area contributed by atoms with Gasteiger partial charge in [-0.2, -0.15) is 0 Å². The molecule has 2 fully saturated rings. The molecule has 3 unspecified atom stereocenters. The third-order valence-corrected chi connectivity index (χ3v) is 7.26. The maximum Gasteiger partial charge on any atom is 0.163 e. The van der Waals surface area contributed by atoms with Crippen LogP contribution in [0.2, 0.25) is 0 Å². The molecule has 1 nitrogen and oxygen atoms in total. The molecule has 0 amide bonds. The lowest BCUT2D eigenvalue weighted by Gasteiger charge is -2.41. The Morgan fingerprint density at radius 3 is 2.65 bits per heavy atom. The van der Waals surface area contributed by atoms with Crippen molar-refractivity contribution in [3.05, 3.63) is 47.0 Å². The fourth-order valence-corrected chi connectivity index (χ4v) is 6.06. The Hall–Kier alpha value is -1.37. The fraction of sp³-hybridized carbons (Fsp3) is 0.591. The van der Waals surface area contributed by atoms with Gasteiger partial charge >= 0.3 is 0 Å². The lowest BCUT2D eigenvalue weighted by atomic mass is 9.62. The third kappa shape index (κ3) is 2.01. The Morgan fingerprint density at radius 1 is 1.04 bits per heavy atom. The van der Waals surface area contributed by atoms with Crippen LogP contribution < -0.4 is 0 Å². The monoisotopic (exact) mass is 306 g/mol. The molecule has 4 aliphatic carbocycles. The number of ketones is 1. The molecule has 1 aromatic carbocycles. The highest BCUT2D eigenvalue weighted by Gasteiger charge is 2.52. The standard InChI is InChI=1S/C22H26O/c23-21-10-11-22(14-15-6-8-18(22)12-15)20-13-17(7-9-19(20)21)16-4-2-1-3-5-16/h6-9,13,15-16,18H,1-5,10-12,14H2. The summed E-state index contributed by atoms with van der Waals surface area (Å²) in [7, 11) is 0. The molecule has 2 bridgehead atoms. The first kappa shape index (κ1) is 14.0. The second-order valence-electron chi connectivity index (χ2n) is 8.41. The first-order valence-electron chi connectivity index (χ1n) is 9.62. The van der Waals surface area contributed by atoms with Crippen LogP contribution in [0.4, 0.5) is 0 Å². The number of rotatable bonds is 1. The van der Waals surface area contributed by atoms with E-state index in [9.17, 15) is 4.79 Å². The van der Waals surface area contributed by atoms with Gasteiger partial charge in [-0.1, -0.05) is 49.6 Å². The summed E-state index contributed by atoms with van der Waals surface area (Å²) in [6.45, 7) is 0. The van der Waals surface area contributed by atoms with Crippen LogP contribution in [0.15, 0.2) is 30.4 Å². The summed E-state index contributed by atoms with van der Waals surface area (Å²) in [5, 5.41) is 0. The van der Waals surface area contributed by atoms with E-state index in [-0.39, 0.29) is 5.41 Å². The minimum atomic E-state index is 0.285. The van der Waals surface area contributed by atoms with E-state index < -0.39 is 0 Å². The highest BCUT2D eigenvalue weighted by atomic mass is 16.1. The van der Waals surface area contributed by atoms with Crippen molar-refractivity contribution >= 4 is 5.78 Å². The van der Waals surface area contributed by atoms with E-state index in [0.29, 0.717) is 11.7 Å². The molecule has 1 spiro atoms. The van der Waals surface area contributed by atoms with E-state index in [2.05, 4.69) is 30.4 Å². The molecule has 0 aromatic heterocycles. The number of allylic oxidation sites excluding steroid dienone is 2. The maximum atomic E-state index is 12.5. The molecule has 4 aliphatic rings. The molecule has 0 N–H and O–H groups in total. The van der Waals surface area contributed by atoms with Crippen LogP contribution in [0.5, 0.6) is 0 Å². The van der Waals surface area contributed by atoms with Gasteiger partial charge in [0.1, 0.15) is 0 Å². The molecule has 1 heteroatoms. The summed E-state index contributed by atoms with van der Waals surface area (Å²) in [6, 6.07) is 6.92. The number of benzene rings is 1. The molecule has 120 valence electrons. The van der Waals surface area contributed by atoms with Crippen molar-refractivity contribution in [1.82, 2.24) is 0 Å². The van der Waals surface area contributed by atoms with E-state index in [0.717, 1.165) is 30.2 Å². The van der Waals surface area contributed by atoms with E-state index in [1.54, 1.807) is 0 Å². The van der Waals surface area contributed by atoms with Crippen molar-refractivity contribution in [3.8, 4) is 0 Å².